The average Bonchev–Trinajstić information content (AvgIpc) is 2.38. The van der Waals surface area contributed by atoms with E-state index < -0.39 is 11.4 Å². The summed E-state index contributed by atoms with van der Waals surface area (Å²) in [5.74, 6) is 0.0655. The number of hydrogen-bond acceptors (Lipinski definition) is 5. The fourth-order valence-corrected chi connectivity index (χ4v) is 1.70. The second kappa shape index (κ2) is 5.31. The highest BCUT2D eigenvalue weighted by Crippen LogP contribution is 2.31. The van der Waals surface area contributed by atoms with Gasteiger partial charge in [0.05, 0.1) is 6.61 Å². The maximum Gasteiger partial charge on any atom is 0.269 e. The highest BCUT2D eigenvalue weighted by molar-refractivity contribution is 9.10. The number of nitrogens with one attached hydrogen (secondary N) is 1. The maximum absolute atomic E-state index is 11.5. The molecule has 0 saturated heterocycles. The quantitative estimate of drug-likeness (QED) is 0.801. The van der Waals surface area contributed by atoms with Gasteiger partial charge in [0.1, 0.15) is 10.3 Å². The molecule has 7 heteroatoms. The minimum absolute atomic E-state index is 0.00530. The van der Waals surface area contributed by atoms with E-state index in [1.165, 1.54) is 12.1 Å². The highest BCUT2D eigenvalue weighted by Gasteiger charge is 2.11. The van der Waals surface area contributed by atoms with Gasteiger partial charge in [-0.1, -0.05) is 0 Å². The van der Waals surface area contributed by atoms with Crippen LogP contribution in [-0.2, 0) is 0 Å². The Hall–Kier alpha value is -2.02. The summed E-state index contributed by atoms with van der Waals surface area (Å²) < 4.78 is 5.21. The number of phenols is 1. The predicted octanol–water partition coefficient (Wildman–Crippen LogP) is 2.01. The van der Waals surface area contributed by atoms with E-state index in [9.17, 15) is 15.0 Å². The van der Waals surface area contributed by atoms with Gasteiger partial charge in [0.2, 0.25) is 5.88 Å². The van der Waals surface area contributed by atoms with Crippen LogP contribution in [0.1, 0.15) is 6.92 Å². The van der Waals surface area contributed by atoms with Crippen molar-refractivity contribution >= 4 is 15.9 Å². The van der Waals surface area contributed by atoms with Crippen molar-refractivity contribution < 1.29 is 14.9 Å². The number of H-pyrrole nitrogens is 1. The molecule has 0 unspecified atom stereocenters. The van der Waals surface area contributed by atoms with Gasteiger partial charge in [0.15, 0.2) is 11.5 Å². The van der Waals surface area contributed by atoms with E-state index in [4.69, 9.17) is 4.74 Å². The minimum Gasteiger partial charge on any atom is -0.504 e. The van der Waals surface area contributed by atoms with Gasteiger partial charge in [-0.2, -0.15) is 4.98 Å². The van der Waals surface area contributed by atoms with E-state index in [0.29, 0.717) is 12.2 Å². The zero-order chi connectivity index (χ0) is 14.0. The van der Waals surface area contributed by atoms with Gasteiger partial charge in [-0.15, -0.1) is 0 Å². The molecule has 2 rings (SSSR count). The lowest BCUT2D eigenvalue weighted by Crippen LogP contribution is -2.09. The molecule has 100 valence electrons. The van der Waals surface area contributed by atoms with Crippen LogP contribution in [-0.4, -0.2) is 26.8 Å². The summed E-state index contributed by atoms with van der Waals surface area (Å²) in [6.07, 6.45) is 0. The zero-order valence-electron chi connectivity index (χ0n) is 9.98. The van der Waals surface area contributed by atoms with Gasteiger partial charge >= 0.3 is 0 Å². The molecule has 6 nitrogen and oxygen atoms in total. The van der Waals surface area contributed by atoms with Crippen molar-refractivity contribution in [2.45, 2.75) is 6.92 Å². The van der Waals surface area contributed by atoms with E-state index in [1.54, 1.807) is 13.0 Å². The molecule has 0 fully saturated rings. The van der Waals surface area contributed by atoms with E-state index in [-0.39, 0.29) is 21.8 Å². The van der Waals surface area contributed by atoms with Crippen LogP contribution >= 0.6 is 15.9 Å². The Morgan fingerprint density at radius 3 is 2.79 bits per heavy atom. The summed E-state index contributed by atoms with van der Waals surface area (Å²) in [6, 6.07) is 4.52. The van der Waals surface area contributed by atoms with Crippen LogP contribution in [0.3, 0.4) is 0 Å². The van der Waals surface area contributed by atoms with Gasteiger partial charge in [-0.25, -0.2) is 0 Å². The monoisotopic (exact) mass is 326 g/mol. The number of nitrogens with zero attached hydrogens (tertiary/aromatic N) is 1. The fraction of sp³-hybridized carbons (Fsp3) is 0.167. The summed E-state index contributed by atoms with van der Waals surface area (Å²) in [5.41, 5.74) is 0.0229. The first-order valence-electron chi connectivity index (χ1n) is 5.48. The lowest BCUT2D eigenvalue weighted by molar-refractivity contribution is 0.318. The topological polar surface area (TPSA) is 95.4 Å². The van der Waals surface area contributed by atoms with Gasteiger partial charge in [0.25, 0.3) is 5.56 Å². The number of benzene rings is 1. The average molecular weight is 327 g/mol. The number of halogens is 1. The van der Waals surface area contributed by atoms with Crippen LogP contribution in [0.15, 0.2) is 27.5 Å². The van der Waals surface area contributed by atoms with Crippen LogP contribution < -0.4 is 10.3 Å². The third kappa shape index (κ3) is 2.70. The van der Waals surface area contributed by atoms with Crippen molar-refractivity contribution in [3.05, 3.63) is 33.0 Å². The number of rotatable bonds is 3. The molecule has 19 heavy (non-hydrogen) atoms. The van der Waals surface area contributed by atoms with Gasteiger partial charge < -0.3 is 19.9 Å². The maximum atomic E-state index is 11.5. The Morgan fingerprint density at radius 1 is 1.42 bits per heavy atom. The first-order chi connectivity index (χ1) is 9.02. The van der Waals surface area contributed by atoms with Crippen molar-refractivity contribution in [3.63, 3.8) is 0 Å². The first kappa shape index (κ1) is 13.4. The number of ether oxygens (including phenoxy) is 1. The Kier molecular flexibility index (Phi) is 3.75. The second-order valence-electron chi connectivity index (χ2n) is 3.67. The van der Waals surface area contributed by atoms with Crippen molar-refractivity contribution in [2.24, 2.45) is 0 Å². The number of hydrogen-bond donors (Lipinski definition) is 3. The zero-order valence-corrected chi connectivity index (χ0v) is 11.6. The van der Waals surface area contributed by atoms with Crippen LogP contribution in [0.25, 0.3) is 11.4 Å². The normalized spacial score (nSPS) is 10.4. The molecule has 1 aromatic carbocycles. The SMILES string of the molecule is CCOc1cc(-c2nc(O)c(Br)c(=O)[nH]2)ccc1O. The summed E-state index contributed by atoms with van der Waals surface area (Å²) in [4.78, 5) is 17.9. The standard InChI is InChI=1S/C12H11BrN2O4/c1-2-19-8-5-6(3-4-7(8)16)10-14-11(17)9(13)12(18)15-10/h3-5,16H,2H2,1H3,(H2,14,15,17,18). The van der Waals surface area contributed by atoms with Crippen LogP contribution in [0.4, 0.5) is 0 Å². The molecule has 0 aliphatic heterocycles. The molecule has 3 N–H and O–H groups in total. The van der Waals surface area contributed by atoms with Gasteiger partial charge in [-0.3, -0.25) is 4.79 Å². The smallest absolute Gasteiger partial charge is 0.269 e. The number of aromatic amines is 1. The Morgan fingerprint density at radius 2 is 2.16 bits per heavy atom. The van der Waals surface area contributed by atoms with Crippen molar-refractivity contribution in [2.75, 3.05) is 6.61 Å². The first-order valence-corrected chi connectivity index (χ1v) is 6.27. The molecule has 1 aromatic heterocycles. The third-order valence-corrected chi connectivity index (χ3v) is 3.09. The molecule has 0 amide bonds. The van der Waals surface area contributed by atoms with Crippen molar-refractivity contribution in [1.82, 2.24) is 9.97 Å². The Bertz CT molecular complexity index is 669. The van der Waals surface area contributed by atoms with E-state index in [1.807, 2.05) is 0 Å². The molecule has 0 radical (unpaired) electrons. The summed E-state index contributed by atoms with van der Waals surface area (Å²) in [5, 5.41) is 19.1. The van der Waals surface area contributed by atoms with E-state index in [2.05, 4.69) is 25.9 Å². The lowest BCUT2D eigenvalue weighted by Gasteiger charge is -2.08. The largest absolute Gasteiger partial charge is 0.504 e. The van der Waals surface area contributed by atoms with Crippen LogP contribution in [0.5, 0.6) is 17.4 Å². The molecule has 0 saturated carbocycles. The minimum atomic E-state index is -0.492. The molecule has 1 heterocycles. The molecular formula is C12H11BrN2O4. The van der Waals surface area contributed by atoms with Crippen molar-refractivity contribution in [1.29, 1.82) is 0 Å². The number of aromatic nitrogens is 2. The Labute approximate surface area is 116 Å². The summed E-state index contributed by atoms with van der Waals surface area (Å²) in [6.45, 7) is 2.18. The third-order valence-electron chi connectivity index (χ3n) is 2.38. The van der Waals surface area contributed by atoms with Gasteiger partial charge in [-0.05, 0) is 41.1 Å². The molecule has 0 aliphatic carbocycles. The fourth-order valence-electron chi connectivity index (χ4n) is 1.52. The van der Waals surface area contributed by atoms with E-state index >= 15 is 0 Å². The molecule has 0 bridgehead atoms. The molecule has 0 spiro atoms. The van der Waals surface area contributed by atoms with Crippen LogP contribution in [0, 0.1) is 0 Å². The van der Waals surface area contributed by atoms with E-state index in [0.717, 1.165) is 0 Å². The molecular weight excluding hydrogens is 316 g/mol. The number of aromatic hydroxyl groups is 2. The lowest BCUT2D eigenvalue weighted by atomic mass is 10.2. The van der Waals surface area contributed by atoms with Crippen LogP contribution in [0.2, 0.25) is 0 Å². The summed E-state index contributed by atoms with van der Waals surface area (Å²) in [7, 11) is 0. The summed E-state index contributed by atoms with van der Waals surface area (Å²) >= 11 is 2.92. The Balaban J connectivity index is 2.53. The van der Waals surface area contributed by atoms with Gasteiger partial charge in [0, 0.05) is 5.56 Å². The van der Waals surface area contributed by atoms with Crippen molar-refractivity contribution in [3.8, 4) is 28.8 Å². The predicted molar refractivity (Wildman–Crippen MR) is 72.5 cm³/mol. The molecule has 0 aliphatic rings. The molecule has 0 atom stereocenters. The second-order valence-corrected chi connectivity index (χ2v) is 4.46. The highest BCUT2D eigenvalue weighted by atomic mass is 79.9. The molecule has 2 aromatic rings. The number of phenolic OH excluding ortho intramolecular Hbond substituents is 1.